The second-order valence-electron chi connectivity index (χ2n) is 7.05. The first kappa shape index (κ1) is 20.3. The van der Waals surface area contributed by atoms with Crippen molar-refractivity contribution in [1.29, 1.82) is 0 Å². The van der Waals surface area contributed by atoms with Gasteiger partial charge < -0.3 is 16.2 Å². The second-order valence-corrected chi connectivity index (χ2v) is 7.05. The molecule has 29 heavy (non-hydrogen) atoms. The third-order valence-corrected chi connectivity index (χ3v) is 4.65. The highest BCUT2D eigenvalue weighted by atomic mass is 16.3. The lowest BCUT2D eigenvalue weighted by atomic mass is 9.99. The van der Waals surface area contributed by atoms with E-state index in [4.69, 9.17) is 5.73 Å². The van der Waals surface area contributed by atoms with Crippen LogP contribution in [0.15, 0.2) is 60.8 Å². The minimum Gasteiger partial charge on any atom is -0.381 e. The Balaban J connectivity index is 1.89. The highest BCUT2D eigenvalue weighted by molar-refractivity contribution is 6.00. The molecule has 2 atom stereocenters. The maximum Gasteiger partial charge on any atom is 0.255 e. The fraction of sp³-hybridized carbons (Fsp3) is 0.227. The first-order chi connectivity index (χ1) is 13.8. The van der Waals surface area contributed by atoms with Gasteiger partial charge in [0.05, 0.1) is 11.6 Å². The van der Waals surface area contributed by atoms with Gasteiger partial charge in [0.1, 0.15) is 5.69 Å². The maximum atomic E-state index is 13.0. The van der Waals surface area contributed by atoms with Crippen molar-refractivity contribution in [2.24, 2.45) is 12.8 Å². The fourth-order valence-corrected chi connectivity index (χ4v) is 3.21. The van der Waals surface area contributed by atoms with Crippen LogP contribution >= 0.6 is 0 Å². The first-order valence-electron chi connectivity index (χ1n) is 9.28. The smallest absolute Gasteiger partial charge is 0.255 e. The summed E-state index contributed by atoms with van der Waals surface area (Å²) in [4.78, 5) is 24.6. The van der Waals surface area contributed by atoms with Crippen molar-refractivity contribution in [3.05, 3.63) is 77.5 Å². The number of carbonyl (C=O) groups is 2. The van der Waals surface area contributed by atoms with Crippen LogP contribution in [-0.4, -0.2) is 38.8 Å². The summed E-state index contributed by atoms with van der Waals surface area (Å²) in [6.07, 6.45) is 0.359. The minimum absolute atomic E-state index is 0.261. The van der Waals surface area contributed by atoms with Crippen molar-refractivity contribution >= 4 is 11.8 Å². The Hall–Kier alpha value is -3.45. The van der Waals surface area contributed by atoms with Gasteiger partial charge in [-0.2, -0.15) is 5.10 Å². The Morgan fingerprint density at radius 1 is 1.17 bits per heavy atom. The molecule has 3 aromatic rings. The lowest BCUT2D eigenvalue weighted by molar-refractivity contribution is -0.127. The largest absolute Gasteiger partial charge is 0.381 e. The number of nitrogens with two attached hydrogens (primary N) is 1. The molecule has 0 aliphatic rings. The number of hydrogen-bond donors (Lipinski definition) is 3. The first-order valence-corrected chi connectivity index (χ1v) is 9.28. The predicted molar refractivity (Wildman–Crippen MR) is 110 cm³/mol. The summed E-state index contributed by atoms with van der Waals surface area (Å²) in [5, 5.41) is 17.4. The van der Waals surface area contributed by atoms with Crippen molar-refractivity contribution < 1.29 is 14.7 Å². The summed E-state index contributed by atoms with van der Waals surface area (Å²) in [5.74, 6) is -1.33. The Labute approximate surface area is 169 Å². The van der Waals surface area contributed by atoms with E-state index < -0.39 is 24.0 Å². The average Bonchev–Trinajstić information content (AvgIpc) is 3.09. The minimum atomic E-state index is -1.52. The van der Waals surface area contributed by atoms with Crippen LogP contribution in [0.2, 0.25) is 0 Å². The monoisotopic (exact) mass is 392 g/mol. The molecule has 0 aliphatic heterocycles. The molecule has 1 unspecified atom stereocenters. The molecule has 0 saturated heterocycles. The molecule has 0 spiro atoms. The number of primary amides is 1. The third-order valence-electron chi connectivity index (χ3n) is 4.65. The number of amides is 2. The topological polar surface area (TPSA) is 110 Å². The van der Waals surface area contributed by atoms with Gasteiger partial charge in [0.15, 0.2) is 6.10 Å². The van der Waals surface area contributed by atoms with E-state index in [1.54, 1.807) is 17.9 Å². The normalized spacial score (nSPS) is 12.9. The molecule has 2 aromatic carbocycles. The van der Waals surface area contributed by atoms with Crippen LogP contribution in [0.1, 0.15) is 21.5 Å². The number of rotatable bonds is 7. The number of hydrogen-bond acceptors (Lipinski definition) is 4. The lowest BCUT2D eigenvalue weighted by Gasteiger charge is -2.22. The lowest BCUT2D eigenvalue weighted by Crippen LogP contribution is -2.50. The Bertz CT molecular complexity index is 1010. The zero-order valence-electron chi connectivity index (χ0n) is 16.4. The summed E-state index contributed by atoms with van der Waals surface area (Å²) in [6.45, 7) is 1.96. The van der Waals surface area contributed by atoms with Crippen molar-refractivity contribution in [2.45, 2.75) is 25.5 Å². The SMILES string of the molecule is Cc1cccc(-c2nn(C)cc2C(=O)N[C@@H](Cc2ccccc2)C(O)C(N)=O)c1. The van der Waals surface area contributed by atoms with E-state index in [2.05, 4.69) is 10.4 Å². The average molecular weight is 392 g/mol. The van der Waals surface area contributed by atoms with Gasteiger partial charge in [0.25, 0.3) is 5.91 Å². The molecule has 1 aromatic heterocycles. The number of aliphatic hydroxyl groups excluding tert-OH is 1. The van der Waals surface area contributed by atoms with Crippen LogP contribution in [0.5, 0.6) is 0 Å². The predicted octanol–water partition coefficient (Wildman–Crippen LogP) is 1.58. The quantitative estimate of drug-likeness (QED) is 0.567. The van der Waals surface area contributed by atoms with Crippen molar-refractivity contribution in [3.63, 3.8) is 0 Å². The summed E-state index contributed by atoms with van der Waals surface area (Å²) >= 11 is 0. The van der Waals surface area contributed by atoms with E-state index in [0.29, 0.717) is 11.3 Å². The van der Waals surface area contributed by atoms with E-state index >= 15 is 0 Å². The van der Waals surface area contributed by atoms with Gasteiger partial charge >= 0.3 is 0 Å². The molecule has 3 rings (SSSR count). The highest BCUT2D eigenvalue weighted by Crippen LogP contribution is 2.23. The molecular formula is C22H24N4O3. The van der Waals surface area contributed by atoms with E-state index in [0.717, 1.165) is 16.7 Å². The summed E-state index contributed by atoms with van der Waals surface area (Å²) in [7, 11) is 1.73. The fourth-order valence-electron chi connectivity index (χ4n) is 3.21. The van der Waals surface area contributed by atoms with Crippen LogP contribution in [0.4, 0.5) is 0 Å². The van der Waals surface area contributed by atoms with Crippen LogP contribution in [-0.2, 0) is 18.3 Å². The maximum absolute atomic E-state index is 13.0. The Morgan fingerprint density at radius 2 is 1.90 bits per heavy atom. The van der Waals surface area contributed by atoms with E-state index in [1.807, 2.05) is 61.5 Å². The molecule has 0 fully saturated rings. The van der Waals surface area contributed by atoms with E-state index in [-0.39, 0.29) is 6.42 Å². The van der Waals surface area contributed by atoms with Crippen LogP contribution in [0.3, 0.4) is 0 Å². The number of aromatic nitrogens is 2. The standard InChI is InChI=1S/C22H24N4O3/c1-14-7-6-10-16(11-14)19-17(13-26(2)25-19)22(29)24-18(20(27)21(23)28)12-15-8-4-3-5-9-15/h3-11,13,18,20,27H,12H2,1-2H3,(H2,23,28)(H,24,29)/t18-,20?/m0/s1. The van der Waals surface area contributed by atoms with E-state index in [1.165, 1.54) is 0 Å². The van der Waals surface area contributed by atoms with Crippen LogP contribution in [0, 0.1) is 6.92 Å². The number of carbonyl (C=O) groups excluding carboxylic acids is 2. The molecule has 0 aliphatic carbocycles. The van der Waals surface area contributed by atoms with Crippen LogP contribution < -0.4 is 11.1 Å². The molecule has 7 heteroatoms. The number of benzene rings is 2. The molecule has 0 saturated carbocycles. The zero-order valence-corrected chi connectivity index (χ0v) is 16.4. The molecule has 2 amide bonds. The number of nitrogens with one attached hydrogen (secondary N) is 1. The molecule has 7 nitrogen and oxygen atoms in total. The van der Waals surface area contributed by atoms with Gasteiger partial charge in [-0.25, -0.2) is 0 Å². The zero-order chi connectivity index (χ0) is 21.0. The number of nitrogens with zero attached hydrogens (tertiary/aromatic N) is 2. The molecule has 0 radical (unpaired) electrons. The number of aryl methyl sites for hydroxylation is 2. The third kappa shape index (κ3) is 4.89. The molecule has 4 N–H and O–H groups in total. The van der Waals surface area contributed by atoms with Gasteiger partial charge in [-0.05, 0) is 25.0 Å². The molecule has 1 heterocycles. The Kier molecular flexibility index (Phi) is 6.09. The van der Waals surface area contributed by atoms with Gasteiger partial charge in [0.2, 0.25) is 5.91 Å². The summed E-state index contributed by atoms with van der Waals surface area (Å²) < 4.78 is 1.56. The van der Waals surface area contributed by atoms with Crippen molar-refractivity contribution in [1.82, 2.24) is 15.1 Å². The summed E-state index contributed by atoms with van der Waals surface area (Å²) in [6, 6.07) is 16.1. The molecule has 0 bridgehead atoms. The molecular weight excluding hydrogens is 368 g/mol. The highest BCUT2D eigenvalue weighted by Gasteiger charge is 2.28. The Morgan fingerprint density at radius 3 is 2.55 bits per heavy atom. The summed E-state index contributed by atoms with van der Waals surface area (Å²) in [5.41, 5.74) is 8.89. The van der Waals surface area contributed by atoms with E-state index in [9.17, 15) is 14.7 Å². The molecule has 150 valence electrons. The van der Waals surface area contributed by atoms with Gasteiger partial charge in [-0.15, -0.1) is 0 Å². The van der Waals surface area contributed by atoms with Crippen molar-refractivity contribution in [3.8, 4) is 11.3 Å². The van der Waals surface area contributed by atoms with Crippen LogP contribution in [0.25, 0.3) is 11.3 Å². The van der Waals surface area contributed by atoms with Crippen molar-refractivity contribution in [2.75, 3.05) is 0 Å². The van der Waals surface area contributed by atoms with Gasteiger partial charge in [-0.3, -0.25) is 14.3 Å². The number of aliphatic hydroxyl groups is 1. The van der Waals surface area contributed by atoms with Gasteiger partial charge in [0, 0.05) is 18.8 Å². The van der Waals surface area contributed by atoms with Gasteiger partial charge in [-0.1, -0.05) is 54.1 Å². The second kappa shape index (κ2) is 8.70.